The normalized spacial score (nSPS) is 11.8. The first-order chi connectivity index (χ1) is 4.41. The summed E-state index contributed by atoms with van der Waals surface area (Å²) in [5.41, 5.74) is 0. The third kappa shape index (κ3) is 7.48. The van der Waals surface area contributed by atoms with Gasteiger partial charge in [-0.15, -0.1) is 0 Å². The molecular weight excluding hydrogens is 108 g/mol. The fourth-order valence-electron chi connectivity index (χ4n) is 0.687. The van der Waals surface area contributed by atoms with Crippen LogP contribution < -0.4 is 0 Å². The van der Waals surface area contributed by atoms with Crippen LogP contribution in [-0.2, 0) is 0 Å². The van der Waals surface area contributed by atoms with Gasteiger partial charge in [0, 0.05) is 0 Å². The van der Waals surface area contributed by atoms with Gasteiger partial charge in [0.25, 0.3) is 0 Å². The van der Waals surface area contributed by atoms with E-state index in [1.54, 1.807) is 0 Å². The molecule has 0 nitrogen and oxygen atoms in total. The first-order valence-corrected chi connectivity index (χ1v) is 3.64. The first kappa shape index (κ1) is 8.48. The third-order valence-corrected chi connectivity index (χ3v) is 1.21. The van der Waals surface area contributed by atoms with E-state index in [9.17, 15) is 0 Å². The van der Waals surface area contributed by atoms with Crippen molar-refractivity contribution < 1.29 is 0 Å². The van der Waals surface area contributed by atoms with Crippen molar-refractivity contribution in [3.05, 3.63) is 24.3 Å². The minimum absolute atomic E-state index is 1.22. The maximum absolute atomic E-state index is 2.21. The van der Waals surface area contributed by atoms with Gasteiger partial charge in [-0.3, -0.25) is 0 Å². The lowest BCUT2D eigenvalue weighted by Gasteiger charge is -1.86. The fourth-order valence-corrected chi connectivity index (χ4v) is 0.687. The van der Waals surface area contributed by atoms with Crippen molar-refractivity contribution in [3.63, 3.8) is 0 Å². The molecule has 0 atom stereocenters. The summed E-state index contributed by atoms with van der Waals surface area (Å²) in [6, 6.07) is 0. The molecule has 0 aliphatic heterocycles. The van der Waals surface area contributed by atoms with Crippen LogP contribution in [0.3, 0.4) is 0 Å². The summed E-state index contributed by atoms with van der Waals surface area (Å²) in [6.45, 7) is 4.13. The van der Waals surface area contributed by atoms with E-state index >= 15 is 0 Å². The fraction of sp³-hybridized carbons (Fsp3) is 0.556. The van der Waals surface area contributed by atoms with Crippen molar-refractivity contribution in [1.29, 1.82) is 0 Å². The summed E-state index contributed by atoms with van der Waals surface area (Å²) < 4.78 is 0. The maximum atomic E-state index is 2.21. The molecule has 0 unspecified atom stereocenters. The van der Waals surface area contributed by atoms with E-state index < -0.39 is 0 Å². The van der Waals surface area contributed by atoms with E-state index in [0.29, 0.717) is 0 Å². The smallest absolute Gasteiger partial charge is 0.0348 e. The quantitative estimate of drug-likeness (QED) is 0.398. The Morgan fingerprint density at radius 3 is 1.67 bits per heavy atom. The molecule has 9 heavy (non-hydrogen) atoms. The molecule has 0 aromatic heterocycles. The SMILES string of the molecule is C/C=C\CCC/C=C/C. The molecule has 0 saturated carbocycles. The van der Waals surface area contributed by atoms with Crippen LogP contribution in [0.5, 0.6) is 0 Å². The molecule has 0 saturated heterocycles. The average Bonchev–Trinajstić information content (AvgIpc) is 1.89. The Morgan fingerprint density at radius 2 is 1.33 bits per heavy atom. The van der Waals surface area contributed by atoms with Gasteiger partial charge in [-0.05, 0) is 33.1 Å². The van der Waals surface area contributed by atoms with Gasteiger partial charge in [-0.1, -0.05) is 24.3 Å². The Hall–Kier alpha value is -0.520. The lowest BCUT2D eigenvalue weighted by atomic mass is 10.2. The molecule has 0 radical (unpaired) electrons. The highest BCUT2D eigenvalue weighted by Crippen LogP contribution is 1.96. The minimum Gasteiger partial charge on any atom is -0.0917 e. The Kier molecular flexibility index (Phi) is 7.05. The van der Waals surface area contributed by atoms with Gasteiger partial charge in [-0.25, -0.2) is 0 Å². The number of hydrogen-bond donors (Lipinski definition) is 0. The summed E-state index contributed by atoms with van der Waals surface area (Å²) in [5.74, 6) is 0. The standard InChI is InChI=1S/C9H16/c1-3-5-7-9-8-6-4-2/h3-6H,7-9H2,1-2H3/b5-3-,6-4+. The summed E-state index contributed by atoms with van der Waals surface area (Å²) >= 11 is 0. The van der Waals surface area contributed by atoms with Crippen molar-refractivity contribution in [3.8, 4) is 0 Å². The monoisotopic (exact) mass is 124 g/mol. The summed E-state index contributed by atoms with van der Waals surface area (Å²) in [7, 11) is 0. The van der Waals surface area contributed by atoms with Crippen molar-refractivity contribution in [2.75, 3.05) is 0 Å². The van der Waals surface area contributed by atoms with Crippen LogP contribution >= 0.6 is 0 Å². The zero-order valence-corrected chi connectivity index (χ0v) is 6.43. The molecule has 0 aliphatic carbocycles. The van der Waals surface area contributed by atoms with Gasteiger partial charge < -0.3 is 0 Å². The van der Waals surface area contributed by atoms with Crippen molar-refractivity contribution >= 4 is 0 Å². The molecule has 0 amide bonds. The van der Waals surface area contributed by atoms with Crippen LogP contribution in [0.25, 0.3) is 0 Å². The van der Waals surface area contributed by atoms with Crippen LogP contribution in [-0.4, -0.2) is 0 Å². The summed E-state index contributed by atoms with van der Waals surface area (Å²) in [5, 5.41) is 0. The van der Waals surface area contributed by atoms with Gasteiger partial charge >= 0.3 is 0 Å². The Morgan fingerprint density at radius 1 is 0.889 bits per heavy atom. The second-order valence-corrected chi connectivity index (χ2v) is 2.07. The van der Waals surface area contributed by atoms with Crippen LogP contribution in [0.1, 0.15) is 33.1 Å². The molecule has 0 heteroatoms. The molecule has 0 rings (SSSR count). The highest BCUT2D eigenvalue weighted by Gasteiger charge is 1.76. The van der Waals surface area contributed by atoms with Gasteiger partial charge in [0.2, 0.25) is 0 Å². The summed E-state index contributed by atoms with van der Waals surface area (Å²) in [6.07, 6.45) is 12.4. The number of allylic oxidation sites excluding steroid dienone is 4. The zero-order chi connectivity index (χ0) is 6.95. The van der Waals surface area contributed by atoms with Crippen LogP contribution in [0.15, 0.2) is 24.3 Å². The third-order valence-electron chi connectivity index (χ3n) is 1.21. The second-order valence-electron chi connectivity index (χ2n) is 2.07. The first-order valence-electron chi connectivity index (χ1n) is 3.64. The van der Waals surface area contributed by atoms with Gasteiger partial charge in [0.05, 0.1) is 0 Å². The molecule has 0 aromatic carbocycles. The lowest BCUT2D eigenvalue weighted by molar-refractivity contribution is 0.866. The van der Waals surface area contributed by atoms with E-state index in [4.69, 9.17) is 0 Å². The average molecular weight is 124 g/mol. The van der Waals surface area contributed by atoms with E-state index in [1.165, 1.54) is 19.3 Å². The summed E-state index contributed by atoms with van der Waals surface area (Å²) in [4.78, 5) is 0. The predicted octanol–water partition coefficient (Wildman–Crippen LogP) is 3.31. The topological polar surface area (TPSA) is 0 Å². The van der Waals surface area contributed by atoms with Crippen molar-refractivity contribution in [2.45, 2.75) is 33.1 Å². The van der Waals surface area contributed by atoms with Crippen LogP contribution in [0, 0.1) is 0 Å². The largest absolute Gasteiger partial charge is 0.0917 e. The van der Waals surface area contributed by atoms with Crippen molar-refractivity contribution in [1.82, 2.24) is 0 Å². The molecule has 0 spiro atoms. The maximum Gasteiger partial charge on any atom is -0.0348 e. The van der Waals surface area contributed by atoms with Gasteiger partial charge in [-0.2, -0.15) is 0 Å². The van der Waals surface area contributed by atoms with Gasteiger partial charge in [0.15, 0.2) is 0 Å². The molecule has 0 fully saturated rings. The molecular formula is C9H16. The van der Waals surface area contributed by atoms with Crippen LogP contribution in [0.4, 0.5) is 0 Å². The Bertz CT molecular complexity index is 76.2. The molecule has 0 N–H and O–H groups in total. The highest BCUT2D eigenvalue weighted by atomic mass is 13.8. The number of unbranched alkanes of at least 4 members (excludes halogenated alkanes) is 2. The molecule has 52 valence electrons. The van der Waals surface area contributed by atoms with E-state index in [1.807, 2.05) is 0 Å². The second kappa shape index (κ2) is 7.48. The lowest BCUT2D eigenvalue weighted by Crippen LogP contribution is -1.66. The molecule has 0 heterocycles. The van der Waals surface area contributed by atoms with Crippen molar-refractivity contribution in [2.24, 2.45) is 0 Å². The molecule has 0 aromatic rings. The number of rotatable bonds is 4. The minimum atomic E-state index is 1.22. The van der Waals surface area contributed by atoms with E-state index in [-0.39, 0.29) is 0 Å². The zero-order valence-electron chi connectivity index (χ0n) is 6.43. The predicted molar refractivity (Wildman–Crippen MR) is 43.5 cm³/mol. The Labute approximate surface area is 58.3 Å². The molecule has 0 aliphatic rings. The highest BCUT2D eigenvalue weighted by molar-refractivity contribution is 4.81. The number of hydrogen-bond acceptors (Lipinski definition) is 0. The van der Waals surface area contributed by atoms with E-state index in [0.717, 1.165) is 0 Å². The van der Waals surface area contributed by atoms with Gasteiger partial charge in [0.1, 0.15) is 0 Å². The van der Waals surface area contributed by atoms with Crippen LogP contribution in [0.2, 0.25) is 0 Å². The van der Waals surface area contributed by atoms with E-state index in [2.05, 4.69) is 38.2 Å². The molecule has 0 bridgehead atoms. The Balaban J connectivity index is 2.91.